The van der Waals surface area contributed by atoms with E-state index in [2.05, 4.69) is 36.1 Å². The minimum atomic E-state index is 0.148. The molecule has 0 bridgehead atoms. The quantitative estimate of drug-likeness (QED) is 0.852. The molecule has 0 radical (unpaired) electrons. The third kappa shape index (κ3) is 3.32. The van der Waals surface area contributed by atoms with Gasteiger partial charge in [0.25, 0.3) is 0 Å². The lowest BCUT2D eigenvalue weighted by molar-refractivity contribution is -0.134. The van der Waals surface area contributed by atoms with Gasteiger partial charge >= 0.3 is 0 Å². The SMILES string of the molecule is CC(C)c1noc(C2CCCN(C(=O)C3CC3c3ccccc3)C2)n1. The van der Waals surface area contributed by atoms with Crippen LogP contribution in [0.15, 0.2) is 34.9 Å². The summed E-state index contributed by atoms with van der Waals surface area (Å²) in [7, 11) is 0. The molecule has 3 unspecified atom stereocenters. The Morgan fingerprint density at radius 1 is 1.28 bits per heavy atom. The molecule has 2 heterocycles. The lowest BCUT2D eigenvalue weighted by Crippen LogP contribution is -2.40. The predicted molar refractivity (Wildman–Crippen MR) is 94.2 cm³/mol. The van der Waals surface area contributed by atoms with E-state index in [1.807, 2.05) is 23.1 Å². The number of hydrogen-bond donors (Lipinski definition) is 0. The molecular weight excluding hydrogens is 314 g/mol. The monoisotopic (exact) mass is 339 g/mol. The van der Waals surface area contributed by atoms with E-state index in [4.69, 9.17) is 4.52 Å². The summed E-state index contributed by atoms with van der Waals surface area (Å²) >= 11 is 0. The molecule has 1 saturated heterocycles. The minimum Gasteiger partial charge on any atom is -0.342 e. The summed E-state index contributed by atoms with van der Waals surface area (Å²) in [5.41, 5.74) is 1.29. The standard InChI is InChI=1S/C20H25N3O2/c1-13(2)18-21-19(25-22-18)15-9-6-10-23(12-15)20(24)17-11-16(17)14-7-4-3-5-8-14/h3-5,7-8,13,15-17H,6,9-12H2,1-2H3. The summed E-state index contributed by atoms with van der Waals surface area (Å²) in [6.07, 6.45) is 2.98. The minimum absolute atomic E-state index is 0.148. The Hall–Kier alpha value is -2.17. The smallest absolute Gasteiger partial charge is 0.231 e. The molecule has 1 saturated carbocycles. The van der Waals surface area contributed by atoms with Crippen LogP contribution in [-0.4, -0.2) is 34.0 Å². The van der Waals surface area contributed by atoms with Gasteiger partial charge in [0.15, 0.2) is 5.82 Å². The van der Waals surface area contributed by atoms with Gasteiger partial charge in [-0.2, -0.15) is 4.98 Å². The van der Waals surface area contributed by atoms with Crippen molar-refractivity contribution in [1.82, 2.24) is 15.0 Å². The van der Waals surface area contributed by atoms with Crippen LogP contribution in [-0.2, 0) is 4.79 Å². The zero-order valence-corrected chi connectivity index (χ0v) is 14.9. The van der Waals surface area contributed by atoms with E-state index < -0.39 is 0 Å². The zero-order chi connectivity index (χ0) is 17.4. The van der Waals surface area contributed by atoms with Gasteiger partial charge in [-0.25, -0.2) is 0 Å². The van der Waals surface area contributed by atoms with Crippen molar-refractivity contribution in [2.75, 3.05) is 13.1 Å². The average molecular weight is 339 g/mol. The van der Waals surface area contributed by atoms with E-state index in [1.165, 1.54) is 5.56 Å². The van der Waals surface area contributed by atoms with Crippen LogP contribution in [0, 0.1) is 5.92 Å². The van der Waals surface area contributed by atoms with E-state index in [0.29, 0.717) is 24.3 Å². The van der Waals surface area contributed by atoms with Gasteiger partial charge in [0, 0.05) is 24.9 Å². The summed E-state index contributed by atoms with van der Waals surface area (Å²) in [6.45, 7) is 5.67. The van der Waals surface area contributed by atoms with Crippen LogP contribution in [0.25, 0.3) is 0 Å². The van der Waals surface area contributed by atoms with Gasteiger partial charge in [0.05, 0.1) is 5.92 Å². The molecule has 1 aromatic carbocycles. The lowest BCUT2D eigenvalue weighted by atomic mass is 9.97. The summed E-state index contributed by atoms with van der Waals surface area (Å²) in [4.78, 5) is 19.4. The molecule has 1 aliphatic carbocycles. The van der Waals surface area contributed by atoms with Crippen LogP contribution in [0.2, 0.25) is 0 Å². The second kappa shape index (κ2) is 6.62. The van der Waals surface area contributed by atoms with Crippen molar-refractivity contribution in [3.05, 3.63) is 47.6 Å². The van der Waals surface area contributed by atoms with E-state index >= 15 is 0 Å². The van der Waals surface area contributed by atoms with Gasteiger partial charge in [-0.3, -0.25) is 4.79 Å². The molecule has 0 N–H and O–H groups in total. The molecule has 5 nitrogen and oxygen atoms in total. The molecule has 132 valence electrons. The number of carbonyl (C=O) groups is 1. The van der Waals surface area contributed by atoms with Gasteiger partial charge in [-0.15, -0.1) is 0 Å². The second-order valence-corrected chi connectivity index (χ2v) is 7.63. The van der Waals surface area contributed by atoms with Crippen LogP contribution < -0.4 is 0 Å². The van der Waals surface area contributed by atoms with E-state index in [0.717, 1.165) is 31.6 Å². The maximum Gasteiger partial charge on any atom is 0.231 e. The summed E-state index contributed by atoms with van der Waals surface area (Å²) in [6, 6.07) is 10.4. The number of benzene rings is 1. The van der Waals surface area contributed by atoms with Crippen LogP contribution in [0.5, 0.6) is 0 Å². The summed E-state index contributed by atoms with van der Waals surface area (Å²) in [5.74, 6) is 2.71. The highest BCUT2D eigenvalue weighted by Gasteiger charge is 2.46. The number of rotatable bonds is 4. The maximum atomic E-state index is 12.9. The number of hydrogen-bond acceptors (Lipinski definition) is 4. The fraction of sp³-hybridized carbons (Fsp3) is 0.550. The number of carbonyl (C=O) groups excluding carboxylic acids is 1. The molecule has 5 heteroatoms. The Balaban J connectivity index is 1.40. The molecule has 2 fully saturated rings. The number of likely N-dealkylation sites (tertiary alicyclic amines) is 1. The predicted octanol–water partition coefficient (Wildman–Crippen LogP) is 3.70. The highest BCUT2D eigenvalue weighted by molar-refractivity contribution is 5.83. The molecule has 25 heavy (non-hydrogen) atoms. The molecule has 1 aliphatic heterocycles. The van der Waals surface area contributed by atoms with Crippen LogP contribution >= 0.6 is 0 Å². The Bertz CT molecular complexity index is 740. The first-order valence-electron chi connectivity index (χ1n) is 9.30. The van der Waals surface area contributed by atoms with Crippen molar-refractivity contribution in [2.24, 2.45) is 5.92 Å². The molecule has 1 amide bonds. The van der Waals surface area contributed by atoms with Crippen LogP contribution in [0.1, 0.15) is 68.1 Å². The van der Waals surface area contributed by atoms with Crippen molar-refractivity contribution < 1.29 is 9.32 Å². The third-order valence-corrected chi connectivity index (χ3v) is 5.39. The Morgan fingerprint density at radius 3 is 2.80 bits per heavy atom. The maximum absolute atomic E-state index is 12.9. The number of piperidine rings is 1. The Morgan fingerprint density at radius 2 is 2.08 bits per heavy atom. The molecule has 4 rings (SSSR count). The van der Waals surface area contributed by atoms with Gasteiger partial charge in [0.2, 0.25) is 11.8 Å². The normalized spacial score (nSPS) is 26.0. The summed E-state index contributed by atoms with van der Waals surface area (Å²) in [5, 5.41) is 4.07. The van der Waals surface area contributed by atoms with Crippen molar-refractivity contribution in [1.29, 1.82) is 0 Å². The van der Waals surface area contributed by atoms with Gasteiger partial charge in [0.1, 0.15) is 0 Å². The van der Waals surface area contributed by atoms with Crippen molar-refractivity contribution in [2.45, 2.75) is 50.9 Å². The highest BCUT2D eigenvalue weighted by Crippen LogP contribution is 2.48. The number of aromatic nitrogens is 2. The van der Waals surface area contributed by atoms with Gasteiger partial charge in [-0.05, 0) is 30.7 Å². The highest BCUT2D eigenvalue weighted by atomic mass is 16.5. The molecule has 1 aromatic heterocycles. The molecule has 0 spiro atoms. The van der Waals surface area contributed by atoms with E-state index in [9.17, 15) is 4.79 Å². The average Bonchev–Trinajstić information content (AvgIpc) is 3.29. The zero-order valence-electron chi connectivity index (χ0n) is 14.9. The number of nitrogens with zero attached hydrogens (tertiary/aromatic N) is 3. The van der Waals surface area contributed by atoms with E-state index in [1.54, 1.807) is 0 Å². The van der Waals surface area contributed by atoms with Gasteiger partial charge in [-0.1, -0.05) is 49.3 Å². The third-order valence-electron chi connectivity index (χ3n) is 5.39. The lowest BCUT2D eigenvalue weighted by Gasteiger charge is -2.31. The first kappa shape index (κ1) is 16.3. The Kier molecular flexibility index (Phi) is 4.32. The molecule has 2 aliphatic rings. The van der Waals surface area contributed by atoms with Crippen LogP contribution in [0.3, 0.4) is 0 Å². The summed E-state index contributed by atoms with van der Waals surface area (Å²) < 4.78 is 5.46. The van der Waals surface area contributed by atoms with Crippen molar-refractivity contribution >= 4 is 5.91 Å². The van der Waals surface area contributed by atoms with Crippen molar-refractivity contribution in [3.63, 3.8) is 0 Å². The van der Waals surface area contributed by atoms with Gasteiger partial charge < -0.3 is 9.42 Å². The fourth-order valence-electron chi connectivity index (χ4n) is 3.80. The van der Waals surface area contributed by atoms with Crippen LogP contribution in [0.4, 0.5) is 0 Å². The van der Waals surface area contributed by atoms with Crippen molar-refractivity contribution in [3.8, 4) is 0 Å². The topological polar surface area (TPSA) is 59.2 Å². The molecule has 3 atom stereocenters. The van der Waals surface area contributed by atoms with E-state index in [-0.39, 0.29) is 17.8 Å². The first-order chi connectivity index (χ1) is 12.1. The largest absolute Gasteiger partial charge is 0.342 e. The number of amides is 1. The Labute approximate surface area is 148 Å². The molecular formula is C20H25N3O2. The first-order valence-corrected chi connectivity index (χ1v) is 9.30. The fourth-order valence-corrected chi connectivity index (χ4v) is 3.80. The molecule has 2 aromatic rings. The second-order valence-electron chi connectivity index (χ2n) is 7.63.